The summed E-state index contributed by atoms with van der Waals surface area (Å²) in [5.74, 6) is 1.16. The number of amides is 1. The second-order valence-corrected chi connectivity index (χ2v) is 4.92. The Hall–Kier alpha value is -3.02. The standard InChI is InChI=1S/C16H13N3O3/c20-16(11-1-4-15-17-5-6-19(15)10-11)18-12-2-3-13-14(9-12)22-8-7-21-13/h1-6,9-10H,7-8H2,(H,18,20). The maximum absolute atomic E-state index is 12.3. The van der Waals surface area contributed by atoms with Crippen molar-refractivity contribution in [3.63, 3.8) is 0 Å². The van der Waals surface area contributed by atoms with E-state index in [0.717, 1.165) is 5.65 Å². The molecule has 0 spiro atoms. The van der Waals surface area contributed by atoms with E-state index in [1.165, 1.54) is 0 Å². The van der Waals surface area contributed by atoms with Crippen molar-refractivity contribution in [1.82, 2.24) is 9.38 Å². The van der Waals surface area contributed by atoms with Gasteiger partial charge in [0.2, 0.25) is 0 Å². The molecule has 1 aliphatic rings. The molecule has 2 aromatic heterocycles. The lowest BCUT2D eigenvalue weighted by atomic mass is 10.2. The maximum Gasteiger partial charge on any atom is 0.257 e. The molecule has 0 saturated heterocycles. The molecule has 0 atom stereocenters. The van der Waals surface area contributed by atoms with Crippen LogP contribution in [0, 0.1) is 0 Å². The van der Waals surface area contributed by atoms with Crippen molar-refractivity contribution in [2.75, 3.05) is 18.5 Å². The number of hydrogen-bond donors (Lipinski definition) is 1. The fraction of sp³-hybridized carbons (Fsp3) is 0.125. The van der Waals surface area contributed by atoms with E-state index in [-0.39, 0.29) is 5.91 Å². The highest BCUT2D eigenvalue weighted by atomic mass is 16.6. The number of pyridine rings is 1. The minimum Gasteiger partial charge on any atom is -0.486 e. The predicted octanol–water partition coefficient (Wildman–Crippen LogP) is 2.36. The molecule has 110 valence electrons. The lowest BCUT2D eigenvalue weighted by Gasteiger charge is -2.19. The first kappa shape index (κ1) is 12.7. The second-order valence-electron chi connectivity index (χ2n) is 4.92. The Morgan fingerprint density at radius 1 is 1.14 bits per heavy atom. The minimum atomic E-state index is -0.188. The zero-order valence-electron chi connectivity index (χ0n) is 11.7. The second kappa shape index (κ2) is 5.07. The minimum absolute atomic E-state index is 0.188. The summed E-state index contributed by atoms with van der Waals surface area (Å²) in [5.41, 5.74) is 2.02. The van der Waals surface area contributed by atoms with Crippen LogP contribution in [0.5, 0.6) is 11.5 Å². The number of ether oxygens (including phenoxy) is 2. The number of rotatable bonds is 2. The van der Waals surface area contributed by atoms with Gasteiger partial charge in [0.25, 0.3) is 5.91 Å². The molecular formula is C16H13N3O3. The van der Waals surface area contributed by atoms with E-state index < -0.39 is 0 Å². The molecule has 22 heavy (non-hydrogen) atoms. The fourth-order valence-corrected chi connectivity index (χ4v) is 2.38. The average Bonchev–Trinajstić information content (AvgIpc) is 3.02. The summed E-state index contributed by atoms with van der Waals surface area (Å²) in [4.78, 5) is 16.5. The number of aromatic nitrogens is 2. The van der Waals surface area contributed by atoms with Crippen LogP contribution >= 0.6 is 0 Å². The molecule has 1 aliphatic heterocycles. The van der Waals surface area contributed by atoms with Gasteiger partial charge in [-0.15, -0.1) is 0 Å². The van der Waals surface area contributed by atoms with Gasteiger partial charge < -0.3 is 19.2 Å². The number of benzene rings is 1. The van der Waals surface area contributed by atoms with Crippen molar-refractivity contribution in [2.24, 2.45) is 0 Å². The largest absolute Gasteiger partial charge is 0.486 e. The van der Waals surface area contributed by atoms with Crippen LogP contribution in [-0.2, 0) is 0 Å². The Morgan fingerprint density at radius 3 is 2.91 bits per heavy atom. The van der Waals surface area contributed by atoms with Gasteiger partial charge in [0.1, 0.15) is 18.9 Å². The highest BCUT2D eigenvalue weighted by molar-refractivity contribution is 6.04. The topological polar surface area (TPSA) is 64.9 Å². The summed E-state index contributed by atoms with van der Waals surface area (Å²) in [6, 6.07) is 8.90. The fourth-order valence-electron chi connectivity index (χ4n) is 2.38. The number of carbonyl (C=O) groups excluding carboxylic acids is 1. The molecule has 0 aliphatic carbocycles. The van der Waals surface area contributed by atoms with Crippen LogP contribution in [0.3, 0.4) is 0 Å². The molecule has 0 fully saturated rings. The summed E-state index contributed by atoms with van der Waals surface area (Å²) in [5, 5.41) is 2.86. The van der Waals surface area contributed by atoms with Crippen molar-refractivity contribution in [3.05, 3.63) is 54.5 Å². The van der Waals surface area contributed by atoms with Crippen molar-refractivity contribution >= 4 is 17.2 Å². The highest BCUT2D eigenvalue weighted by Gasteiger charge is 2.13. The molecule has 6 nitrogen and oxygen atoms in total. The monoisotopic (exact) mass is 295 g/mol. The third-order valence-corrected chi connectivity index (χ3v) is 3.45. The van der Waals surface area contributed by atoms with Gasteiger partial charge in [0, 0.05) is 30.3 Å². The molecule has 3 aromatic rings. The van der Waals surface area contributed by atoms with Crippen molar-refractivity contribution in [3.8, 4) is 11.5 Å². The number of imidazole rings is 1. The quantitative estimate of drug-likeness (QED) is 0.788. The Bertz CT molecular complexity index is 857. The van der Waals surface area contributed by atoms with Crippen LogP contribution in [0.4, 0.5) is 5.69 Å². The summed E-state index contributed by atoms with van der Waals surface area (Å²) < 4.78 is 12.8. The number of nitrogens with one attached hydrogen (secondary N) is 1. The molecular weight excluding hydrogens is 282 g/mol. The third-order valence-electron chi connectivity index (χ3n) is 3.45. The van der Waals surface area contributed by atoms with Crippen LogP contribution in [0.15, 0.2) is 48.9 Å². The smallest absolute Gasteiger partial charge is 0.257 e. The predicted molar refractivity (Wildman–Crippen MR) is 80.6 cm³/mol. The summed E-state index contributed by atoms with van der Waals surface area (Å²) in [7, 11) is 0. The van der Waals surface area contributed by atoms with E-state index in [2.05, 4.69) is 10.3 Å². The van der Waals surface area contributed by atoms with Gasteiger partial charge >= 0.3 is 0 Å². The Morgan fingerprint density at radius 2 is 2.00 bits per heavy atom. The van der Waals surface area contributed by atoms with E-state index >= 15 is 0 Å². The molecule has 0 saturated carbocycles. The lowest BCUT2D eigenvalue weighted by Crippen LogP contribution is -2.16. The average molecular weight is 295 g/mol. The van der Waals surface area contributed by atoms with E-state index in [0.29, 0.717) is 36.0 Å². The molecule has 6 heteroatoms. The lowest BCUT2D eigenvalue weighted by molar-refractivity contribution is 0.102. The number of anilines is 1. The number of carbonyl (C=O) groups is 1. The highest BCUT2D eigenvalue weighted by Crippen LogP contribution is 2.32. The first-order valence-electron chi connectivity index (χ1n) is 6.93. The van der Waals surface area contributed by atoms with Crippen LogP contribution in [0.1, 0.15) is 10.4 Å². The first-order chi connectivity index (χ1) is 10.8. The number of fused-ring (bicyclic) bond motifs is 2. The van der Waals surface area contributed by atoms with Crippen LogP contribution in [0.2, 0.25) is 0 Å². The van der Waals surface area contributed by atoms with Gasteiger partial charge in [-0.05, 0) is 24.3 Å². The van der Waals surface area contributed by atoms with Gasteiger partial charge in [-0.3, -0.25) is 4.79 Å². The molecule has 0 bridgehead atoms. The van der Waals surface area contributed by atoms with Gasteiger partial charge in [0.15, 0.2) is 11.5 Å². The van der Waals surface area contributed by atoms with Crippen LogP contribution in [0.25, 0.3) is 5.65 Å². The maximum atomic E-state index is 12.3. The van der Waals surface area contributed by atoms with E-state index in [9.17, 15) is 4.79 Å². The zero-order valence-corrected chi connectivity index (χ0v) is 11.7. The molecule has 4 rings (SSSR count). The number of nitrogens with zero attached hydrogens (tertiary/aromatic N) is 2. The SMILES string of the molecule is O=C(Nc1ccc2c(c1)OCCO2)c1ccc2nccn2c1. The Labute approximate surface area is 126 Å². The molecule has 0 unspecified atom stereocenters. The normalized spacial score (nSPS) is 13.1. The summed E-state index contributed by atoms with van der Waals surface area (Å²) in [6.07, 6.45) is 5.24. The van der Waals surface area contributed by atoms with E-state index in [1.54, 1.807) is 53.3 Å². The van der Waals surface area contributed by atoms with Crippen LogP contribution < -0.4 is 14.8 Å². The first-order valence-corrected chi connectivity index (χ1v) is 6.93. The van der Waals surface area contributed by atoms with E-state index in [4.69, 9.17) is 9.47 Å². The zero-order chi connectivity index (χ0) is 14.9. The van der Waals surface area contributed by atoms with Gasteiger partial charge in [-0.25, -0.2) is 4.98 Å². The molecule has 1 N–H and O–H groups in total. The molecule has 0 radical (unpaired) electrons. The van der Waals surface area contributed by atoms with Gasteiger partial charge in [-0.1, -0.05) is 0 Å². The molecule has 3 heterocycles. The van der Waals surface area contributed by atoms with E-state index in [1.807, 2.05) is 0 Å². The molecule has 1 aromatic carbocycles. The van der Waals surface area contributed by atoms with Crippen molar-refractivity contribution in [1.29, 1.82) is 0 Å². The van der Waals surface area contributed by atoms with Gasteiger partial charge in [0.05, 0.1) is 5.56 Å². The van der Waals surface area contributed by atoms with Crippen LogP contribution in [-0.4, -0.2) is 28.5 Å². The van der Waals surface area contributed by atoms with Crippen molar-refractivity contribution < 1.29 is 14.3 Å². The summed E-state index contributed by atoms with van der Waals surface area (Å²) in [6.45, 7) is 1.06. The molecule has 1 amide bonds. The summed E-state index contributed by atoms with van der Waals surface area (Å²) >= 11 is 0. The third kappa shape index (κ3) is 2.24. The van der Waals surface area contributed by atoms with Gasteiger partial charge in [-0.2, -0.15) is 0 Å². The number of hydrogen-bond acceptors (Lipinski definition) is 4. The Balaban J connectivity index is 1.58. The Kier molecular flexibility index (Phi) is 2.93. The van der Waals surface area contributed by atoms with Crippen molar-refractivity contribution in [2.45, 2.75) is 0 Å².